The van der Waals surface area contributed by atoms with Crippen molar-refractivity contribution in [3.63, 3.8) is 0 Å². The number of hydrogen-bond acceptors (Lipinski definition) is 1. The Hall–Kier alpha value is 0.690. The van der Waals surface area contributed by atoms with Crippen molar-refractivity contribution >= 4 is 20.2 Å². The molecule has 0 spiro atoms. The molecule has 50 valence electrons. The SMILES string of the molecule is CC1CCCCI1O. The van der Waals surface area contributed by atoms with Crippen LogP contribution < -0.4 is 0 Å². The van der Waals surface area contributed by atoms with Gasteiger partial charge in [0.1, 0.15) is 0 Å². The molecule has 2 heteroatoms. The molecule has 1 fully saturated rings. The van der Waals surface area contributed by atoms with Crippen LogP contribution in [0.2, 0.25) is 0 Å². The van der Waals surface area contributed by atoms with E-state index in [9.17, 15) is 3.44 Å². The van der Waals surface area contributed by atoms with Crippen LogP contribution in [0.4, 0.5) is 0 Å². The van der Waals surface area contributed by atoms with Crippen LogP contribution in [0.15, 0.2) is 0 Å². The van der Waals surface area contributed by atoms with Crippen LogP contribution in [0.5, 0.6) is 0 Å². The van der Waals surface area contributed by atoms with E-state index in [0.29, 0.717) is 3.92 Å². The van der Waals surface area contributed by atoms with E-state index in [4.69, 9.17) is 0 Å². The molecule has 1 heterocycles. The zero-order valence-corrected chi connectivity index (χ0v) is 7.39. The van der Waals surface area contributed by atoms with E-state index in [2.05, 4.69) is 6.92 Å². The second-order valence-electron chi connectivity index (χ2n) is 2.34. The molecular weight excluding hydrogens is 215 g/mol. The first-order valence-corrected chi connectivity index (χ1v) is 6.88. The van der Waals surface area contributed by atoms with Gasteiger partial charge in [-0.3, -0.25) is 0 Å². The molecule has 1 rings (SSSR count). The van der Waals surface area contributed by atoms with Crippen molar-refractivity contribution in [2.24, 2.45) is 0 Å². The Balaban J connectivity index is 2.28. The summed E-state index contributed by atoms with van der Waals surface area (Å²) < 4.78 is 11.2. The second-order valence-corrected chi connectivity index (χ2v) is 7.66. The first-order valence-electron chi connectivity index (χ1n) is 3.14. The average molecular weight is 228 g/mol. The van der Waals surface area contributed by atoms with Crippen LogP contribution >= 0.6 is 20.2 Å². The Labute approximate surface area is 58.4 Å². The van der Waals surface area contributed by atoms with Crippen molar-refractivity contribution < 1.29 is 3.44 Å². The number of alkyl halides is 2. The summed E-state index contributed by atoms with van der Waals surface area (Å²) in [7, 11) is 0. The summed E-state index contributed by atoms with van der Waals surface area (Å²) in [5.74, 6) is 0. The van der Waals surface area contributed by atoms with Gasteiger partial charge in [-0.1, -0.05) is 0 Å². The van der Waals surface area contributed by atoms with Crippen molar-refractivity contribution in [3.8, 4) is 0 Å². The molecular formula is C6H13IO. The normalized spacial score (nSPS) is 35.2. The van der Waals surface area contributed by atoms with Gasteiger partial charge in [-0.25, -0.2) is 0 Å². The van der Waals surface area contributed by atoms with Crippen LogP contribution in [0.1, 0.15) is 26.2 Å². The van der Waals surface area contributed by atoms with E-state index in [1.807, 2.05) is 0 Å². The van der Waals surface area contributed by atoms with Gasteiger partial charge >= 0.3 is 58.2 Å². The molecule has 1 aliphatic rings. The molecule has 1 unspecified atom stereocenters. The van der Waals surface area contributed by atoms with E-state index in [0.717, 1.165) is 0 Å². The fraction of sp³-hybridized carbons (Fsp3) is 1.00. The molecule has 1 aliphatic heterocycles. The Morgan fingerprint density at radius 2 is 2.25 bits per heavy atom. The molecule has 0 aliphatic carbocycles. The van der Waals surface area contributed by atoms with Gasteiger partial charge in [0, 0.05) is 0 Å². The molecule has 8 heavy (non-hydrogen) atoms. The Morgan fingerprint density at radius 1 is 1.50 bits per heavy atom. The summed E-state index contributed by atoms with van der Waals surface area (Å²) in [6, 6.07) is 0. The van der Waals surface area contributed by atoms with Gasteiger partial charge in [-0.2, -0.15) is 0 Å². The summed E-state index contributed by atoms with van der Waals surface area (Å²) in [4.78, 5) is 0. The molecule has 0 aromatic rings. The van der Waals surface area contributed by atoms with Crippen LogP contribution in [0, 0.1) is 0 Å². The van der Waals surface area contributed by atoms with Gasteiger partial charge in [0.15, 0.2) is 0 Å². The van der Waals surface area contributed by atoms with Crippen molar-refractivity contribution in [2.45, 2.75) is 30.1 Å². The van der Waals surface area contributed by atoms with Crippen molar-refractivity contribution in [2.75, 3.05) is 4.43 Å². The average Bonchev–Trinajstić information content (AvgIpc) is 1.77. The van der Waals surface area contributed by atoms with Gasteiger partial charge in [0.05, 0.1) is 0 Å². The fourth-order valence-electron chi connectivity index (χ4n) is 0.969. The quantitative estimate of drug-likeness (QED) is 0.496. The molecule has 0 amide bonds. The Bertz CT molecular complexity index is 64.9. The van der Waals surface area contributed by atoms with Gasteiger partial charge in [-0.15, -0.1) is 0 Å². The summed E-state index contributed by atoms with van der Waals surface area (Å²) >= 11 is -1.34. The van der Waals surface area contributed by atoms with Gasteiger partial charge in [0.2, 0.25) is 0 Å². The fourth-order valence-corrected chi connectivity index (χ4v) is 4.51. The summed E-state index contributed by atoms with van der Waals surface area (Å²) in [5, 5.41) is 0. The minimum atomic E-state index is -1.34. The molecule has 0 radical (unpaired) electrons. The summed E-state index contributed by atoms with van der Waals surface area (Å²) in [6.07, 6.45) is 3.95. The van der Waals surface area contributed by atoms with Crippen LogP contribution in [-0.4, -0.2) is 11.8 Å². The van der Waals surface area contributed by atoms with E-state index < -0.39 is 20.2 Å². The van der Waals surface area contributed by atoms with Crippen molar-refractivity contribution in [1.82, 2.24) is 0 Å². The maximum atomic E-state index is 9.33. The number of halogens is 1. The summed E-state index contributed by atoms with van der Waals surface area (Å²) in [6.45, 7) is 2.20. The molecule has 0 bridgehead atoms. The van der Waals surface area contributed by atoms with Crippen LogP contribution in [0.3, 0.4) is 0 Å². The molecule has 1 nitrogen and oxygen atoms in total. The third-order valence-corrected chi connectivity index (χ3v) is 6.55. The molecule has 1 atom stereocenters. The van der Waals surface area contributed by atoms with E-state index in [-0.39, 0.29) is 0 Å². The first kappa shape index (κ1) is 6.81. The Morgan fingerprint density at radius 3 is 2.62 bits per heavy atom. The van der Waals surface area contributed by atoms with E-state index in [1.165, 1.54) is 23.7 Å². The predicted octanol–water partition coefficient (Wildman–Crippen LogP) is 1.97. The molecule has 0 aromatic carbocycles. The zero-order chi connectivity index (χ0) is 5.98. The monoisotopic (exact) mass is 228 g/mol. The van der Waals surface area contributed by atoms with Crippen LogP contribution in [-0.2, 0) is 0 Å². The third-order valence-electron chi connectivity index (χ3n) is 1.61. The second kappa shape index (κ2) is 3.01. The van der Waals surface area contributed by atoms with E-state index in [1.54, 1.807) is 0 Å². The molecule has 1 saturated heterocycles. The Kier molecular flexibility index (Phi) is 2.56. The molecule has 0 aromatic heterocycles. The summed E-state index contributed by atoms with van der Waals surface area (Å²) in [5.41, 5.74) is 0. The topological polar surface area (TPSA) is 20.2 Å². The van der Waals surface area contributed by atoms with Gasteiger partial charge in [0.25, 0.3) is 0 Å². The maximum absolute atomic E-state index is 9.33. The molecule has 0 saturated carbocycles. The van der Waals surface area contributed by atoms with Crippen LogP contribution in [0.25, 0.3) is 0 Å². The third kappa shape index (κ3) is 1.58. The van der Waals surface area contributed by atoms with Gasteiger partial charge < -0.3 is 0 Å². The van der Waals surface area contributed by atoms with Crippen molar-refractivity contribution in [1.29, 1.82) is 0 Å². The standard InChI is InChI=1S/C6H13IO/c1-6-4-2-3-5-7(6)8/h6,8H,2-5H2,1H3. The van der Waals surface area contributed by atoms with Gasteiger partial charge in [-0.05, 0) is 0 Å². The zero-order valence-electron chi connectivity index (χ0n) is 5.23. The number of rotatable bonds is 0. The van der Waals surface area contributed by atoms with Crippen molar-refractivity contribution in [3.05, 3.63) is 0 Å². The number of hydrogen-bond donors (Lipinski definition) is 1. The first-order chi connectivity index (χ1) is 3.80. The van der Waals surface area contributed by atoms with E-state index >= 15 is 0 Å². The predicted molar refractivity (Wildman–Crippen MR) is 44.4 cm³/mol. The molecule has 1 N–H and O–H groups in total. The minimum absolute atomic E-state index is 0.716.